The maximum atomic E-state index is 12.8. The molecule has 0 N–H and O–H groups in total. The summed E-state index contributed by atoms with van der Waals surface area (Å²) in [6.07, 6.45) is 3.83. The summed E-state index contributed by atoms with van der Waals surface area (Å²) in [6.45, 7) is 6.68. The summed E-state index contributed by atoms with van der Waals surface area (Å²) < 4.78 is 32.7. The van der Waals surface area contributed by atoms with Gasteiger partial charge in [-0.05, 0) is 30.6 Å². The summed E-state index contributed by atoms with van der Waals surface area (Å²) in [6, 6.07) is 0.100. The van der Waals surface area contributed by atoms with Crippen LogP contribution in [0.15, 0.2) is 4.42 Å². The van der Waals surface area contributed by atoms with Crippen LogP contribution in [0, 0.1) is 16.7 Å². The predicted molar refractivity (Wildman–Crippen MR) is 80.3 cm³/mol. The number of rotatable bonds is 3. The van der Waals surface area contributed by atoms with Gasteiger partial charge in [-0.15, -0.1) is 10.2 Å². The molecular weight excluding hydrogens is 302 g/mol. The highest BCUT2D eigenvalue weighted by Crippen LogP contribution is 2.70. The molecule has 7 heteroatoms. The number of aryl methyl sites for hydroxylation is 1. The Morgan fingerprint density at radius 3 is 2.68 bits per heavy atom. The molecule has 1 aromatic heterocycles. The van der Waals surface area contributed by atoms with Gasteiger partial charge >= 0.3 is 0 Å². The topological polar surface area (TPSA) is 76.3 Å². The van der Waals surface area contributed by atoms with Crippen LogP contribution in [0.3, 0.4) is 0 Å². The van der Waals surface area contributed by atoms with E-state index in [0.717, 1.165) is 19.3 Å². The zero-order valence-corrected chi connectivity index (χ0v) is 14.2. The van der Waals surface area contributed by atoms with Gasteiger partial charge < -0.3 is 4.42 Å². The molecular formula is C15H23N3O3S. The molecule has 0 unspecified atom stereocenters. The van der Waals surface area contributed by atoms with E-state index in [1.54, 1.807) is 4.31 Å². The maximum absolute atomic E-state index is 12.8. The summed E-state index contributed by atoms with van der Waals surface area (Å²) >= 11 is 0. The van der Waals surface area contributed by atoms with E-state index >= 15 is 0 Å². The van der Waals surface area contributed by atoms with E-state index in [2.05, 4.69) is 24.0 Å². The SMILES string of the molecule is CCc1nnc(CN2[C@@H]3C[C@H]4CC[C@]3(CS2(=O)=O)C4(C)C)o1. The quantitative estimate of drug-likeness (QED) is 0.849. The van der Waals surface area contributed by atoms with Gasteiger partial charge in [0.25, 0.3) is 0 Å². The number of sulfonamides is 1. The lowest BCUT2D eigenvalue weighted by molar-refractivity contribution is 0.109. The lowest BCUT2D eigenvalue weighted by atomic mass is 9.69. The molecule has 1 saturated heterocycles. The average molecular weight is 325 g/mol. The summed E-state index contributed by atoms with van der Waals surface area (Å²) in [4.78, 5) is 0. The summed E-state index contributed by atoms with van der Waals surface area (Å²) in [5.74, 6) is 1.89. The second-order valence-electron chi connectivity index (χ2n) is 7.61. The number of aromatic nitrogens is 2. The van der Waals surface area contributed by atoms with Crippen molar-refractivity contribution in [2.75, 3.05) is 5.75 Å². The Morgan fingerprint density at radius 2 is 2.05 bits per heavy atom. The molecule has 1 aromatic rings. The van der Waals surface area contributed by atoms with Crippen molar-refractivity contribution in [3.8, 4) is 0 Å². The Kier molecular flexibility index (Phi) is 2.87. The lowest BCUT2D eigenvalue weighted by Crippen LogP contribution is -2.41. The van der Waals surface area contributed by atoms with Gasteiger partial charge in [0.15, 0.2) is 0 Å². The van der Waals surface area contributed by atoms with Crippen LogP contribution in [0.5, 0.6) is 0 Å². The minimum absolute atomic E-state index is 0.0931. The highest BCUT2D eigenvalue weighted by molar-refractivity contribution is 7.89. The minimum Gasteiger partial charge on any atom is -0.424 e. The molecule has 3 aliphatic rings. The van der Waals surface area contributed by atoms with Crippen molar-refractivity contribution in [1.82, 2.24) is 14.5 Å². The Balaban J connectivity index is 1.69. The van der Waals surface area contributed by atoms with Crippen LogP contribution in [0.1, 0.15) is 51.8 Å². The Labute approximate surface area is 131 Å². The second kappa shape index (κ2) is 4.32. The summed E-state index contributed by atoms with van der Waals surface area (Å²) in [7, 11) is -3.25. The first-order chi connectivity index (χ1) is 10.3. The van der Waals surface area contributed by atoms with Crippen molar-refractivity contribution in [2.24, 2.45) is 16.7 Å². The van der Waals surface area contributed by atoms with E-state index in [-0.39, 0.29) is 29.2 Å². The van der Waals surface area contributed by atoms with Crippen LogP contribution in [-0.4, -0.2) is 34.7 Å². The molecule has 2 aliphatic carbocycles. The van der Waals surface area contributed by atoms with Crippen molar-refractivity contribution in [3.63, 3.8) is 0 Å². The monoisotopic (exact) mass is 325 g/mol. The van der Waals surface area contributed by atoms with Gasteiger partial charge in [-0.25, -0.2) is 8.42 Å². The molecule has 3 fully saturated rings. The Morgan fingerprint density at radius 1 is 1.32 bits per heavy atom. The lowest BCUT2D eigenvalue weighted by Gasteiger charge is -2.37. The van der Waals surface area contributed by atoms with Crippen molar-refractivity contribution in [2.45, 2.75) is 59.0 Å². The molecule has 0 amide bonds. The van der Waals surface area contributed by atoms with E-state index in [0.29, 0.717) is 24.1 Å². The van der Waals surface area contributed by atoms with Gasteiger partial charge in [0.1, 0.15) is 0 Å². The third-order valence-electron chi connectivity index (χ3n) is 6.64. The van der Waals surface area contributed by atoms with Crippen molar-refractivity contribution < 1.29 is 12.8 Å². The van der Waals surface area contributed by atoms with E-state index in [4.69, 9.17) is 4.42 Å². The van der Waals surface area contributed by atoms with Crippen LogP contribution in [0.2, 0.25) is 0 Å². The summed E-state index contributed by atoms with van der Waals surface area (Å²) in [5, 5.41) is 7.95. The van der Waals surface area contributed by atoms with Crippen molar-refractivity contribution in [1.29, 1.82) is 0 Å². The van der Waals surface area contributed by atoms with Gasteiger partial charge in [-0.2, -0.15) is 4.31 Å². The van der Waals surface area contributed by atoms with E-state index in [1.165, 1.54) is 0 Å². The average Bonchev–Trinajstić information content (AvgIpc) is 3.11. The first-order valence-electron chi connectivity index (χ1n) is 8.11. The molecule has 0 radical (unpaired) electrons. The van der Waals surface area contributed by atoms with Gasteiger partial charge in [0.05, 0.1) is 12.3 Å². The normalized spacial score (nSPS) is 38.5. The van der Waals surface area contributed by atoms with Gasteiger partial charge in [0, 0.05) is 17.9 Å². The maximum Gasteiger partial charge on any atom is 0.231 e. The standard InChI is InChI=1S/C15H23N3O3S/c1-4-12-16-17-13(21-12)8-18-11-7-10-5-6-15(11,14(10,2)3)9-22(18,19)20/h10-11H,4-9H2,1-3H3/t10-,11-,15-/m1/s1. The first-order valence-corrected chi connectivity index (χ1v) is 9.72. The van der Waals surface area contributed by atoms with Gasteiger partial charge in [-0.1, -0.05) is 20.8 Å². The molecule has 3 atom stereocenters. The number of nitrogens with zero attached hydrogens (tertiary/aromatic N) is 3. The Bertz CT molecular complexity index is 711. The third-order valence-corrected chi connectivity index (χ3v) is 8.61. The smallest absolute Gasteiger partial charge is 0.231 e. The van der Waals surface area contributed by atoms with Crippen molar-refractivity contribution in [3.05, 3.63) is 11.8 Å². The summed E-state index contributed by atoms with van der Waals surface area (Å²) in [5.41, 5.74) is 0.00696. The highest BCUT2D eigenvalue weighted by Gasteiger charge is 2.71. The van der Waals surface area contributed by atoms with E-state index in [1.807, 2.05) is 6.92 Å². The van der Waals surface area contributed by atoms with Gasteiger partial charge in [0.2, 0.25) is 21.8 Å². The zero-order chi connectivity index (χ0) is 15.8. The number of hydrogen-bond donors (Lipinski definition) is 0. The predicted octanol–water partition coefficient (Wildman–Crippen LogP) is 1.97. The fourth-order valence-electron chi connectivity index (χ4n) is 5.21. The molecule has 22 heavy (non-hydrogen) atoms. The highest BCUT2D eigenvalue weighted by atomic mass is 32.2. The largest absolute Gasteiger partial charge is 0.424 e. The molecule has 1 aliphatic heterocycles. The molecule has 2 saturated carbocycles. The van der Waals surface area contributed by atoms with E-state index < -0.39 is 10.0 Å². The Hall–Kier alpha value is -0.950. The molecule has 2 heterocycles. The van der Waals surface area contributed by atoms with Crippen LogP contribution in [-0.2, 0) is 23.0 Å². The number of fused-ring (bicyclic) bond motifs is 1. The molecule has 0 aromatic carbocycles. The van der Waals surface area contributed by atoms with Gasteiger partial charge in [-0.3, -0.25) is 0 Å². The molecule has 6 nitrogen and oxygen atoms in total. The third kappa shape index (κ3) is 1.67. The molecule has 4 rings (SSSR count). The number of hydrogen-bond acceptors (Lipinski definition) is 5. The van der Waals surface area contributed by atoms with Crippen LogP contribution in [0.4, 0.5) is 0 Å². The van der Waals surface area contributed by atoms with Crippen LogP contribution >= 0.6 is 0 Å². The second-order valence-corrected chi connectivity index (χ2v) is 9.53. The fraction of sp³-hybridized carbons (Fsp3) is 0.867. The van der Waals surface area contributed by atoms with E-state index in [9.17, 15) is 8.42 Å². The first kappa shape index (κ1) is 14.6. The molecule has 122 valence electrons. The minimum atomic E-state index is -3.25. The van der Waals surface area contributed by atoms with Crippen LogP contribution in [0.25, 0.3) is 0 Å². The van der Waals surface area contributed by atoms with Crippen LogP contribution < -0.4 is 0 Å². The fourth-order valence-corrected chi connectivity index (χ4v) is 7.72. The molecule has 2 bridgehead atoms. The zero-order valence-electron chi connectivity index (χ0n) is 13.4. The molecule has 1 spiro atoms. The van der Waals surface area contributed by atoms with Crippen molar-refractivity contribution >= 4 is 10.0 Å².